The summed E-state index contributed by atoms with van der Waals surface area (Å²) in [4.78, 5) is 14.8. The van der Waals surface area contributed by atoms with E-state index in [1.807, 2.05) is 0 Å². The van der Waals surface area contributed by atoms with E-state index in [4.69, 9.17) is 0 Å². The van der Waals surface area contributed by atoms with Crippen molar-refractivity contribution in [2.75, 3.05) is 31.1 Å². The third-order valence-corrected chi connectivity index (χ3v) is 8.25. The van der Waals surface area contributed by atoms with E-state index in [9.17, 15) is 21.6 Å². The molecule has 2 fully saturated rings. The Morgan fingerprint density at radius 1 is 1.22 bits per heavy atom. The smallest absolute Gasteiger partial charge is 0.251 e. The Hall–Kier alpha value is -1.49. The lowest BCUT2D eigenvalue weighted by atomic mass is 10.1. The van der Waals surface area contributed by atoms with Crippen LogP contribution in [0.3, 0.4) is 0 Å². The molecule has 2 saturated heterocycles. The minimum absolute atomic E-state index is 0.00661. The van der Waals surface area contributed by atoms with Crippen molar-refractivity contribution in [3.8, 4) is 0 Å². The summed E-state index contributed by atoms with van der Waals surface area (Å²) in [5, 5.41) is 2.81. The molecule has 2 aliphatic rings. The highest BCUT2D eigenvalue weighted by Gasteiger charge is 2.42. The quantitative estimate of drug-likeness (QED) is 0.675. The van der Waals surface area contributed by atoms with Crippen LogP contribution in [0.25, 0.3) is 0 Å². The van der Waals surface area contributed by atoms with Gasteiger partial charge >= 0.3 is 0 Å². The Morgan fingerprint density at radius 2 is 1.93 bits per heavy atom. The maximum Gasteiger partial charge on any atom is 0.251 e. The van der Waals surface area contributed by atoms with E-state index in [1.54, 1.807) is 6.92 Å². The van der Waals surface area contributed by atoms with Gasteiger partial charge in [0.1, 0.15) is 0 Å². The number of carbonyl (C=O) groups is 1. The minimum atomic E-state index is -3.67. The molecule has 1 aromatic carbocycles. The van der Waals surface area contributed by atoms with E-state index in [2.05, 4.69) is 14.9 Å². The average molecular weight is 416 g/mol. The van der Waals surface area contributed by atoms with Crippen molar-refractivity contribution in [3.63, 3.8) is 0 Å². The number of rotatable bonds is 6. The molecule has 0 aromatic heterocycles. The Labute approximate surface area is 160 Å². The Kier molecular flexibility index (Phi) is 5.90. The van der Waals surface area contributed by atoms with Crippen molar-refractivity contribution in [2.24, 2.45) is 0 Å². The zero-order valence-electron chi connectivity index (χ0n) is 15.2. The standard InChI is InChI=1S/C17H25N3O5S2/c1-2-18-27(24,25)14-7-5-6-13(10-14)17(21)19-15-11-26(22,23)12-16(15)20-8-3-4-9-20/h5-7,10,15-16,18H,2-4,8-9,11-12H2,1H3,(H,19,21). The molecule has 2 atom stereocenters. The highest BCUT2D eigenvalue weighted by Crippen LogP contribution is 2.23. The zero-order valence-corrected chi connectivity index (χ0v) is 16.9. The molecule has 0 saturated carbocycles. The fraction of sp³-hybridized carbons (Fsp3) is 0.588. The molecule has 150 valence electrons. The number of carbonyl (C=O) groups excluding carboxylic acids is 1. The van der Waals surface area contributed by atoms with Crippen LogP contribution in [-0.2, 0) is 19.9 Å². The summed E-state index contributed by atoms with van der Waals surface area (Å²) < 4.78 is 50.9. The summed E-state index contributed by atoms with van der Waals surface area (Å²) in [5.74, 6) is -0.503. The van der Waals surface area contributed by atoms with Crippen molar-refractivity contribution >= 4 is 25.8 Å². The fourth-order valence-electron chi connectivity index (χ4n) is 3.73. The van der Waals surface area contributed by atoms with E-state index < -0.39 is 31.8 Å². The molecule has 10 heteroatoms. The molecule has 2 aliphatic heterocycles. The van der Waals surface area contributed by atoms with Crippen molar-refractivity contribution in [1.29, 1.82) is 0 Å². The summed E-state index contributed by atoms with van der Waals surface area (Å²) in [7, 11) is -6.88. The summed E-state index contributed by atoms with van der Waals surface area (Å²) in [6.45, 7) is 3.59. The van der Waals surface area contributed by atoms with Crippen LogP contribution in [0, 0.1) is 0 Å². The number of amides is 1. The Bertz CT molecular complexity index is 908. The van der Waals surface area contributed by atoms with Gasteiger partial charge in [0.25, 0.3) is 5.91 Å². The van der Waals surface area contributed by atoms with Crippen LogP contribution in [0.15, 0.2) is 29.2 Å². The fourth-order valence-corrected chi connectivity index (χ4v) is 6.77. The third kappa shape index (κ3) is 4.68. The molecular formula is C17H25N3O5S2. The van der Waals surface area contributed by atoms with Gasteiger partial charge in [0.15, 0.2) is 9.84 Å². The van der Waals surface area contributed by atoms with E-state index >= 15 is 0 Å². The summed E-state index contributed by atoms with van der Waals surface area (Å²) >= 11 is 0. The van der Waals surface area contributed by atoms with Crippen LogP contribution in [0.1, 0.15) is 30.1 Å². The number of likely N-dealkylation sites (tertiary alicyclic amines) is 1. The molecule has 2 N–H and O–H groups in total. The van der Waals surface area contributed by atoms with Crippen LogP contribution in [0.4, 0.5) is 0 Å². The van der Waals surface area contributed by atoms with Crippen molar-refractivity contribution in [1.82, 2.24) is 14.9 Å². The molecule has 0 bridgehead atoms. The molecule has 0 aliphatic carbocycles. The zero-order chi connectivity index (χ0) is 19.7. The van der Waals surface area contributed by atoms with Crippen molar-refractivity contribution < 1.29 is 21.6 Å². The second-order valence-corrected chi connectivity index (χ2v) is 10.9. The second kappa shape index (κ2) is 7.86. The van der Waals surface area contributed by atoms with Crippen LogP contribution in [0.2, 0.25) is 0 Å². The number of sulfonamides is 1. The van der Waals surface area contributed by atoms with Gasteiger partial charge in [0.2, 0.25) is 10.0 Å². The highest BCUT2D eigenvalue weighted by molar-refractivity contribution is 7.91. The normalized spacial score (nSPS) is 25.5. The number of nitrogens with zero attached hydrogens (tertiary/aromatic N) is 1. The first-order valence-electron chi connectivity index (χ1n) is 9.07. The van der Waals surface area contributed by atoms with Crippen LogP contribution in [-0.4, -0.2) is 70.9 Å². The molecule has 27 heavy (non-hydrogen) atoms. The van der Waals surface area contributed by atoms with Gasteiger partial charge in [-0.1, -0.05) is 13.0 Å². The Morgan fingerprint density at radius 3 is 2.59 bits per heavy atom. The lowest BCUT2D eigenvalue weighted by Crippen LogP contribution is -2.50. The first-order chi connectivity index (χ1) is 12.7. The maximum absolute atomic E-state index is 12.7. The first-order valence-corrected chi connectivity index (χ1v) is 12.4. The Balaban J connectivity index is 1.78. The van der Waals surface area contributed by atoms with E-state index in [-0.39, 0.29) is 34.6 Å². The molecule has 8 nitrogen and oxygen atoms in total. The van der Waals surface area contributed by atoms with Gasteiger partial charge in [0, 0.05) is 18.2 Å². The molecule has 2 heterocycles. The van der Waals surface area contributed by atoms with E-state index in [1.165, 1.54) is 24.3 Å². The summed E-state index contributed by atoms with van der Waals surface area (Å²) in [6.07, 6.45) is 2.06. The van der Waals surface area contributed by atoms with Crippen molar-refractivity contribution in [3.05, 3.63) is 29.8 Å². The molecule has 3 rings (SSSR count). The van der Waals surface area contributed by atoms with Gasteiger partial charge in [-0.05, 0) is 44.1 Å². The molecule has 0 radical (unpaired) electrons. The number of hydrogen-bond donors (Lipinski definition) is 2. The predicted octanol–water partition coefficient (Wildman–Crippen LogP) is -0.0240. The van der Waals surface area contributed by atoms with Crippen molar-refractivity contribution in [2.45, 2.75) is 36.7 Å². The van der Waals surface area contributed by atoms with E-state index in [0.717, 1.165) is 25.9 Å². The molecule has 1 amide bonds. The number of nitrogens with one attached hydrogen (secondary N) is 2. The maximum atomic E-state index is 12.7. The summed E-state index contributed by atoms with van der Waals surface area (Å²) in [5.41, 5.74) is 0.193. The van der Waals surface area contributed by atoms with Crippen LogP contribution in [0.5, 0.6) is 0 Å². The number of hydrogen-bond acceptors (Lipinski definition) is 6. The monoisotopic (exact) mass is 415 g/mol. The molecule has 0 spiro atoms. The van der Waals surface area contributed by atoms with Crippen LogP contribution >= 0.6 is 0 Å². The van der Waals surface area contributed by atoms with Gasteiger partial charge in [-0.15, -0.1) is 0 Å². The lowest BCUT2D eigenvalue weighted by Gasteiger charge is -2.28. The average Bonchev–Trinajstić information content (AvgIpc) is 3.22. The summed E-state index contributed by atoms with van der Waals surface area (Å²) in [6, 6.07) is 5.03. The largest absolute Gasteiger partial charge is 0.347 e. The van der Waals surface area contributed by atoms with Gasteiger partial charge in [0.05, 0.1) is 22.4 Å². The van der Waals surface area contributed by atoms with Gasteiger partial charge in [-0.2, -0.15) is 0 Å². The van der Waals surface area contributed by atoms with Gasteiger partial charge < -0.3 is 5.32 Å². The topological polar surface area (TPSA) is 113 Å². The third-order valence-electron chi connectivity index (χ3n) is 4.99. The highest BCUT2D eigenvalue weighted by atomic mass is 32.2. The van der Waals surface area contributed by atoms with Crippen LogP contribution < -0.4 is 10.0 Å². The minimum Gasteiger partial charge on any atom is -0.347 e. The lowest BCUT2D eigenvalue weighted by molar-refractivity contribution is 0.0918. The predicted molar refractivity (Wildman–Crippen MR) is 102 cm³/mol. The molecule has 1 aromatic rings. The van der Waals surface area contributed by atoms with Gasteiger partial charge in [-0.25, -0.2) is 21.6 Å². The number of sulfone groups is 1. The molecular weight excluding hydrogens is 390 g/mol. The molecule has 2 unspecified atom stereocenters. The first kappa shape index (κ1) is 20.2. The second-order valence-electron chi connectivity index (χ2n) is 7.00. The SMILES string of the molecule is CCNS(=O)(=O)c1cccc(C(=O)NC2CS(=O)(=O)CC2N2CCCC2)c1. The van der Waals surface area contributed by atoms with Gasteiger partial charge in [-0.3, -0.25) is 9.69 Å². The number of benzene rings is 1. The van der Waals surface area contributed by atoms with E-state index in [0.29, 0.717) is 0 Å².